The summed E-state index contributed by atoms with van der Waals surface area (Å²) in [5, 5.41) is 15.0. The maximum absolute atomic E-state index is 10.7. The number of phenolic OH excluding ortho intramolecular Hbond substituents is 1. The van der Waals surface area contributed by atoms with E-state index in [1.165, 1.54) is 5.56 Å². The van der Waals surface area contributed by atoms with Gasteiger partial charge in [0, 0.05) is 22.5 Å². The number of thiophene rings is 1. The zero-order chi connectivity index (χ0) is 17.6. The number of aromatic hydroxyl groups is 1. The maximum Gasteiger partial charge on any atom is 0.124 e. The number of phenols is 1. The van der Waals surface area contributed by atoms with Crippen molar-refractivity contribution in [3.8, 4) is 16.9 Å². The number of hydrogen-bond acceptors (Lipinski definition) is 4. The fraction of sp³-hybridized carbons (Fsp3) is 0.190. The fourth-order valence-corrected chi connectivity index (χ4v) is 4.14. The monoisotopic (exact) mass is 348 g/mol. The molecule has 3 N–H and O–H groups in total. The van der Waals surface area contributed by atoms with Crippen LogP contribution in [-0.4, -0.2) is 16.6 Å². The van der Waals surface area contributed by atoms with Gasteiger partial charge < -0.3 is 10.8 Å². The summed E-state index contributed by atoms with van der Waals surface area (Å²) < 4.78 is 1.13. The molecule has 0 saturated heterocycles. The average Bonchev–Trinajstić information content (AvgIpc) is 3.10. The molecule has 1 atom stereocenters. The molecule has 0 aliphatic rings. The van der Waals surface area contributed by atoms with Crippen LogP contribution in [-0.2, 0) is 0 Å². The molecule has 4 heteroatoms. The molecule has 0 aliphatic heterocycles. The minimum atomic E-state index is 0.296. The summed E-state index contributed by atoms with van der Waals surface area (Å²) in [4.78, 5) is 4.65. The van der Waals surface area contributed by atoms with E-state index in [0.29, 0.717) is 18.2 Å². The van der Waals surface area contributed by atoms with E-state index in [-0.39, 0.29) is 0 Å². The number of aromatic nitrogens is 1. The van der Waals surface area contributed by atoms with Crippen LogP contribution in [0.25, 0.3) is 32.1 Å². The van der Waals surface area contributed by atoms with E-state index in [2.05, 4.69) is 47.6 Å². The molecule has 0 amide bonds. The highest BCUT2D eigenvalue weighted by Gasteiger charge is 2.16. The lowest BCUT2D eigenvalue weighted by Crippen LogP contribution is -2.08. The molecule has 2 heterocycles. The highest BCUT2D eigenvalue weighted by Crippen LogP contribution is 2.42. The molecule has 2 aromatic carbocycles. The fourth-order valence-electron chi connectivity index (χ4n) is 3.38. The summed E-state index contributed by atoms with van der Waals surface area (Å²) in [6.07, 6.45) is 1.92. The summed E-state index contributed by atoms with van der Waals surface area (Å²) in [5.41, 5.74) is 10.8. The number of nitrogens with zero attached hydrogens (tertiary/aromatic N) is 1. The molecule has 0 aliphatic carbocycles. The molecule has 2 aromatic heterocycles. The van der Waals surface area contributed by atoms with E-state index >= 15 is 0 Å². The van der Waals surface area contributed by atoms with Crippen LogP contribution in [0.4, 0.5) is 0 Å². The molecule has 3 nitrogen and oxygen atoms in total. The van der Waals surface area contributed by atoms with Crippen molar-refractivity contribution in [1.29, 1.82) is 0 Å². The molecular formula is C21H20N2OS. The van der Waals surface area contributed by atoms with Gasteiger partial charge in [-0.2, -0.15) is 0 Å². The van der Waals surface area contributed by atoms with Gasteiger partial charge in [0.25, 0.3) is 0 Å². The van der Waals surface area contributed by atoms with E-state index in [9.17, 15) is 5.11 Å². The Labute approximate surface area is 150 Å². The molecule has 0 unspecified atom stereocenters. The van der Waals surface area contributed by atoms with Crippen molar-refractivity contribution in [2.45, 2.75) is 19.8 Å². The van der Waals surface area contributed by atoms with Crippen molar-refractivity contribution >= 4 is 32.3 Å². The lowest BCUT2D eigenvalue weighted by molar-refractivity contribution is 0.477. The first kappa shape index (κ1) is 16.1. The highest BCUT2D eigenvalue weighted by molar-refractivity contribution is 7.17. The van der Waals surface area contributed by atoms with E-state index in [1.54, 1.807) is 17.4 Å². The van der Waals surface area contributed by atoms with Crippen molar-refractivity contribution < 1.29 is 5.11 Å². The van der Waals surface area contributed by atoms with Crippen LogP contribution in [0, 0.1) is 6.92 Å². The summed E-state index contributed by atoms with van der Waals surface area (Å²) in [6, 6.07) is 12.2. The molecule has 4 rings (SSSR count). The van der Waals surface area contributed by atoms with Gasteiger partial charge in [0.15, 0.2) is 0 Å². The first-order valence-electron chi connectivity index (χ1n) is 8.39. The highest BCUT2D eigenvalue weighted by atomic mass is 32.1. The second-order valence-electron chi connectivity index (χ2n) is 6.53. The summed E-state index contributed by atoms with van der Waals surface area (Å²) in [6.45, 7) is 4.73. The second-order valence-corrected chi connectivity index (χ2v) is 7.47. The first-order valence-corrected chi connectivity index (χ1v) is 9.27. The van der Waals surface area contributed by atoms with Crippen LogP contribution in [0.3, 0.4) is 0 Å². The number of aryl methyl sites for hydroxylation is 1. The topological polar surface area (TPSA) is 59.1 Å². The van der Waals surface area contributed by atoms with Gasteiger partial charge in [0.1, 0.15) is 5.75 Å². The van der Waals surface area contributed by atoms with Crippen LogP contribution in [0.1, 0.15) is 24.0 Å². The van der Waals surface area contributed by atoms with Crippen molar-refractivity contribution in [2.24, 2.45) is 5.73 Å². The van der Waals surface area contributed by atoms with Gasteiger partial charge in [0.2, 0.25) is 0 Å². The Kier molecular flexibility index (Phi) is 3.94. The second kappa shape index (κ2) is 6.14. The van der Waals surface area contributed by atoms with Crippen molar-refractivity contribution in [2.75, 3.05) is 6.54 Å². The van der Waals surface area contributed by atoms with Gasteiger partial charge in [-0.1, -0.05) is 31.2 Å². The Balaban J connectivity index is 2.02. The molecular weight excluding hydrogens is 328 g/mol. The zero-order valence-electron chi connectivity index (χ0n) is 14.3. The molecule has 0 radical (unpaired) electrons. The van der Waals surface area contributed by atoms with Crippen molar-refractivity contribution in [1.82, 2.24) is 4.98 Å². The third-order valence-corrected chi connectivity index (χ3v) is 5.72. The lowest BCUT2D eigenvalue weighted by Gasteiger charge is -2.14. The third kappa shape index (κ3) is 2.58. The van der Waals surface area contributed by atoms with E-state index < -0.39 is 0 Å². The Hall–Kier alpha value is -2.43. The number of benzene rings is 2. The van der Waals surface area contributed by atoms with Crippen LogP contribution in [0.15, 0.2) is 48.0 Å². The Bertz CT molecular complexity index is 1070. The van der Waals surface area contributed by atoms with Crippen LogP contribution in [0.5, 0.6) is 5.75 Å². The zero-order valence-corrected chi connectivity index (χ0v) is 15.1. The number of pyridine rings is 1. The maximum atomic E-state index is 10.7. The molecule has 126 valence electrons. The Morgan fingerprint density at radius 3 is 2.68 bits per heavy atom. The minimum Gasteiger partial charge on any atom is -0.507 e. The van der Waals surface area contributed by atoms with Gasteiger partial charge in [0.05, 0.1) is 10.2 Å². The molecule has 0 fully saturated rings. The normalized spacial score (nSPS) is 12.8. The van der Waals surface area contributed by atoms with Gasteiger partial charge in [-0.3, -0.25) is 4.98 Å². The molecule has 0 spiro atoms. The molecule has 25 heavy (non-hydrogen) atoms. The third-order valence-electron chi connectivity index (χ3n) is 4.87. The van der Waals surface area contributed by atoms with Crippen LogP contribution < -0.4 is 5.73 Å². The Morgan fingerprint density at radius 1 is 1.20 bits per heavy atom. The summed E-state index contributed by atoms with van der Waals surface area (Å²) >= 11 is 1.67. The predicted octanol–water partition coefficient (Wildman–Crippen LogP) is 5.19. The van der Waals surface area contributed by atoms with Crippen molar-refractivity contribution in [3.63, 3.8) is 0 Å². The van der Waals surface area contributed by atoms with Crippen molar-refractivity contribution in [3.05, 3.63) is 59.1 Å². The smallest absolute Gasteiger partial charge is 0.124 e. The lowest BCUT2D eigenvalue weighted by atomic mass is 9.93. The van der Waals surface area contributed by atoms with Crippen LogP contribution in [0.2, 0.25) is 0 Å². The summed E-state index contributed by atoms with van der Waals surface area (Å²) in [7, 11) is 0. The van der Waals surface area contributed by atoms with E-state index in [0.717, 1.165) is 37.7 Å². The summed E-state index contributed by atoms with van der Waals surface area (Å²) in [5.74, 6) is 0.618. The molecule has 0 bridgehead atoms. The molecule has 4 aromatic rings. The van der Waals surface area contributed by atoms with E-state index in [4.69, 9.17) is 5.73 Å². The molecule has 0 saturated carbocycles. The Morgan fingerprint density at radius 2 is 1.96 bits per heavy atom. The quantitative estimate of drug-likeness (QED) is 0.535. The van der Waals surface area contributed by atoms with Gasteiger partial charge in [-0.05, 0) is 53.6 Å². The minimum absolute atomic E-state index is 0.296. The largest absolute Gasteiger partial charge is 0.507 e. The van der Waals surface area contributed by atoms with Gasteiger partial charge >= 0.3 is 0 Å². The predicted molar refractivity (Wildman–Crippen MR) is 106 cm³/mol. The number of hydrogen-bond donors (Lipinski definition) is 2. The van der Waals surface area contributed by atoms with Gasteiger partial charge in [-0.15, -0.1) is 11.3 Å². The number of rotatable bonds is 3. The van der Waals surface area contributed by atoms with Gasteiger partial charge in [-0.25, -0.2) is 0 Å². The standard InChI is InChI=1S/C21H20N2OS/c1-12-9-17(24)19(15-5-3-14(4-6-15)13(2)10-22)20-16-7-8-25-18(16)11-23-21(12)20/h3-9,11,13,24H,10,22H2,1-2H3/t13-/m0/s1. The van der Waals surface area contributed by atoms with Crippen LogP contribution >= 0.6 is 11.3 Å². The van der Waals surface area contributed by atoms with E-state index in [1.807, 2.05) is 13.1 Å². The number of fused-ring (bicyclic) bond motifs is 3. The number of nitrogens with two attached hydrogens (primary N) is 1. The SMILES string of the molecule is Cc1cc(O)c(-c2ccc([C@@H](C)CN)cc2)c2c1ncc1sccc12. The average molecular weight is 348 g/mol. The first-order chi connectivity index (χ1) is 12.1.